The maximum absolute atomic E-state index is 5.24. The quantitative estimate of drug-likeness (QED) is 0.272. The minimum Gasteiger partial charge on any atom is -0.159 e. The van der Waals surface area contributed by atoms with Gasteiger partial charge in [-0.05, 0) is 76.6 Å². The van der Waals surface area contributed by atoms with Crippen molar-refractivity contribution in [3.63, 3.8) is 0 Å². The van der Waals surface area contributed by atoms with Crippen molar-refractivity contribution in [1.29, 1.82) is 0 Å². The van der Waals surface area contributed by atoms with E-state index in [1.807, 2.05) is 0 Å². The molecule has 1 nitrogen and oxygen atoms in total. The van der Waals surface area contributed by atoms with E-state index in [-0.39, 0.29) is 0 Å². The van der Waals surface area contributed by atoms with E-state index in [1.165, 1.54) is 60.3 Å². The maximum Gasteiger partial charge on any atom is 0.0934 e. The van der Waals surface area contributed by atoms with Gasteiger partial charge in [-0.2, -0.15) is 6.66 Å². The largest absolute Gasteiger partial charge is 0.159 e. The first-order chi connectivity index (χ1) is 14.8. The number of rotatable bonds is 9. The average Bonchev–Trinajstić information content (AvgIpc) is 3.10. The van der Waals surface area contributed by atoms with Crippen molar-refractivity contribution in [1.82, 2.24) is 4.44 Å². The molecule has 31 heavy (non-hydrogen) atoms. The normalized spacial score (nSPS) is 21.0. The van der Waals surface area contributed by atoms with Gasteiger partial charge in [-0.25, -0.2) is 0 Å². The summed E-state index contributed by atoms with van der Waals surface area (Å²) < 4.78 is 2.98. The third-order valence-corrected chi connectivity index (χ3v) is 17.9. The molecule has 1 aliphatic rings. The molecule has 0 spiro atoms. The van der Waals surface area contributed by atoms with Gasteiger partial charge < -0.3 is 0 Å². The van der Waals surface area contributed by atoms with Crippen molar-refractivity contribution in [2.45, 2.75) is 84.5 Å². The summed E-state index contributed by atoms with van der Waals surface area (Å²) in [5, 5.41) is 2.92. The Bertz CT molecular complexity index is 804. The Hall–Kier alpha value is -0.740. The third-order valence-electron chi connectivity index (χ3n) is 7.60. The minimum atomic E-state index is -2.03. The van der Waals surface area contributed by atoms with E-state index in [9.17, 15) is 0 Å². The molecule has 1 saturated heterocycles. The second kappa shape index (κ2) is 10.5. The number of unbranched alkanes of at least 4 members (excludes halogenated alkanes) is 1. The van der Waals surface area contributed by atoms with Crippen molar-refractivity contribution in [3.8, 4) is 0 Å². The predicted molar refractivity (Wildman–Crippen MR) is 145 cm³/mol. The Kier molecular flexibility index (Phi) is 8.40. The van der Waals surface area contributed by atoms with Crippen LogP contribution in [0.2, 0.25) is 0 Å². The van der Waals surface area contributed by atoms with Crippen LogP contribution in [0.1, 0.15) is 70.4 Å². The molecule has 0 aliphatic carbocycles. The summed E-state index contributed by atoms with van der Waals surface area (Å²) in [5.41, 5.74) is 4.23. The van der Waals surface area contributed by atoms with E-state index in [2.05, 4.69) is 87.6 Å². The molecule has 1 aliphatic heterocycles. The Labute approximate surface area is 193 Å². The molecule has 3 rings (SSSR count). The first-order valence-corrected chi connectivity index (χ1v) is 16.2. The first kappa shape index (κ1) is 24.9. The van der Waals surface area contributed by atoms with Crippen LogP contribution in [0.4, 0.5) is 0 Å². The zero-order chi connectivity index (χ0) is 22.6. The second-order valence-corrected chi connectivity index (χ2v) is 16.4. The number of hydrogen-bond acceptors (Lipinski definition) is 1. The molecular formula is C28H43NP2. The van der Waals surface area contributed by atoms with Gasteiger partial charge in [0.2, 0.25) is 0 Å². The predicted octanol–water partition coefficient (Wildman–Crippen LogP) is 8.16. The monoisotopic (exact) mass is 455 g/mol. The van der Waals surface area contributed by atoms with Crippen LogP contribution >= 0.6 is 14.8 Å². The highest BCUT2D eigenvalue weighted by molar-refractivity contribution is 7.97. The van der Waals surface area contributed by atoms with Gasteiger partial charge in [0.15, 0.2) is 0 Å². The van der Waals surface area contributed by atoms with Gasteiger partial charge in [-0.3, -0.25) is 0 Å². The van der Waals surface area contributed by atoms with Gasteiger partial charge in [0.25, 0.3) is 0 Å². The van der Waals surface area contributed by atoms with E-state index in [0.29, 0.717) is 0 Å². The van der Waals surface area contributed by atoms with E-state index in [0.717, 1.165) is 17.9 Å². The Balaban J connectivity index is 2.32. The molecule has 170 valence electrons. The molecule has 0 radical (unpaired) electrons. The SMILES string of the molecule is [CH2-][P+](c1ccccc1C)(c1ccccc1C)N(CCCC)[P+]1([CH2-])[C@H](CC)CC[C@H]1CC. The van der Waals surface area contributed by atoms with Crippen molar-refractivity contribution in [2.75, 3.05) is 6.54 Å². The summed E-state index contributed by atoms with van der Waals surface area (Å²) in [5.74, 6) is 0. The van der Waals surface area contributed by atoms with Crippen LogP contribution in [0.15, 0.2) is 48.5 Å². The van der Waals surface area contributed by atoms with E-state index >= 15 is 0 Å². The van der Waals surface area contributed by atoms with Crippen molar-refractivity contribution < 1.29 is 0 Å². The van der Waals surface area contributed by atoms with E-state index in [4.69, 9.17) is 13.3 Å². The summed E-state index contributed by atoms with van der Waals surface area (Å²) in [6, 6.07) is 18.1. The molecular weight excluding hydrogens is 412 g/mol. The first-order valence-electron chi connectivity index (χ1n) is 12.2. The zero-order valence-corrected chi connectivity index (χ0v) is 22.3. The van der Waals surface area contributed by atoms with Gasteiger partial charge in [0, 0.05) is 0 Å². The topological polar surface area (TPSA) is 3.24 Å². The summed E-state index contributed by atoms with van der Waals surface area (Å²) in [7, 11) is -3.64. The molecule has 3 heteroatoms. The lowest BCUT2D eigenvalue weighted by atomic mass is 10.1. The van der Waals surface area contributed by atoms with Crippen LogP contribution in [0.5, 0.6) is 0 Å². The van der Waals surface area contributed by atoms with Crippen LogP contribution in [0.3, 0.4) is 0 Å². The third kappa shape index (κ3) is 4.40. The van der Waals surface area contributed by atoms with Crippen molar-refractivity contribution >= 4 is 25.4 Å². The fourth-order valence-electron chi connectivity index (χ4n) is 5.82. The molecule has 0 bridgehead atoms. The summed E-state index contributed by atoms with van der Waals surface area (Å²) in [6.45, 7) is 23.3. The molecule has 0 unspecified atom stereocenters. The average molecular weight is 456 g/mol. The molecule has 1 fully saturated rings. The van der Waals surface area contributed by atoms with Gasteiger partial charge in [0.05, 0.1) is 35.9 Å². The van der Waals surface area contributed by atoms with E-state index < -0.39 is 14.8 Å². The molecule has 0 amide bonds. The molecule has 0 saturated carbocycles. The number of benzene rings is 2. The van der Waals surface area contributed by atoms with Gasteiger partial charge in [-0.15, -0.1) is 11.1 Å². The summed E-state index contributed by atoms with van der Waals surface area (Å²) >= 11 is 0. The summed E-state index contributed by atoms with van der Waals surface area (Å²) in [6.07, 6.45) is 7.62. The number of hydrogen-bond donors (Lipinski definition) is 0. The van der Waals surface area contributed by atoms with Crippen LogP contribution in [0, 0.1) is 27.2 Å². The standard InChI is InChI=1S/C28H43NP2/c1-8-11-22-29(30(6)25(9-2)20-21-26(30)10-3)31(7,27-18-14-12-16-23(27)4)28-19-15-13-17-24(28)5/h12-19,25-26H,6-11,20-22H2,1-5H3/t25-,26-/m1/s1. The van der Waals surface area contributed by atoms with Gasteiger partial charge in [-0.1, -0.05) is 63.6 Å². The number of nitrogens with zero attached hydrogens (tertiary/aromatic N) is 1. The molecule has 2 aromatic rings. The van der Waals surface area contributed by atoms with Crippen LogP contribution < -0.4 is 10.6 Å². The molecule has 2 atom stereocenters. The van der Waals surface area contributed by atoms with Crippen LogP contribution in [0.25, 0.3) is 0 Å². The van der Waals surface area contributed by atoms with Crippen LogP contribution in [-0.2, 0) is 0 Å². The highest BCUT2D eigenvalue weighted by Gasteiger charge is 2.58. The highest BCUT2D eigenvalue weighted by Crippen LogP contribution is 2.84. The van der Waals surface area contributed by atoms with Crippen molar-refractivity contribution in [2.24, 2.45) is 0 Å². The smallest absolute Gasteiger partial charge is 0.0934 e. The van der Waals surface area contributed by atoms with Crippen LogP contribution in [-0.4, -0.2) is 22.3 Å². The fourth-order valence-corrected chi connectivity index (χ4v) is 17.1. The fraction of sp³-hybridized carbons (Fsp3) is 0.500. The lowest BCUT2D eigenvalue weighted by molar-refractivity contribution is 0.614. The highest BCUT2D eigenvalue weighted by atomic mass is 31.2. The maximum atomic E-state index is 5.24. The Morgan fingerprint density at radius 2 is 1.32 bits per heavy atom. The minimum absolute atomic E-state index is 0.739. The Morgan fingerprint density at radius 1 is 0.871 bits per heavy atom. The Morgan fingerprint density at radius 3 is 1.71 bits per heavy atom. The molecule has 0 N–H and O–H groups in total. The zero-order valence-electron chi connectivity index (χ0n) is 20.5. The molecule has 2 aromatic carbocycles. The lowest BCUT2D eigenvalue weighted by Crippen LogP contribution is -2.40. The van der Waals surface area contributed by atoms with Crippen molar-refractivity contribution in [3.05, 3.63) is 73.0 Å². The van der Waals surface area contributed by atoms with E-state index in [1.54, 1.807) is 0 Å². The van der Waals surface area contributed by atoms with Gasteiger partial charge in [0.1, 0.15) is 0 Å². The second-order valence-electron chi connectivity index (χ2n) is 9.38. The molecule has 0 aromatic heterocycles. The summed E-state index contributed by atoms with van der Waals surface area (Å²) in [4.78, 5) is 0. The molecule has 1 heterocycles. The number of aryl methyl sites for hydroxylation is 2. The van der Waals surface area contributed by atoms with Gasteiger partial charge >= 0.3 is 0 Å². The lowest BCUT2D eigenvalue weighted by Gasteiger charge is -2.52.